The number of anilines is 1. The number of aromatic nitrogens is 2. The molecular formula is C9H13N3O2. The maximum atomic E-state index is 10.6. The molecule has 0 unspecified atom stereocenters. The summed E-state index contributed by atoms with van der Waals surface area (Å²) in [5.74, 6) is -0.00987. The van der Waals surface area contributed by atoms with Crippen LogP contribution in [0.4, 0.5) is 5.82 Å². The summed E-state index contributed by atoms with van der Waals surface area (Å²) in [6.07, 6.45) is 1.24. The lowest BCUT2D eigenvalue weighted by Gasteiger charge is -2.07. The van der Waals surface area contributed by atoms with Crippen LogP contribution < -0.4 is 5.32 Å². The first-order chi connectivity index (χ1) is 6.59. The Kier molecular flexibility index (Phi) is 3.39. The SMILES string of the molecule is CC(C)CNc1cc(C(=O)O)ncn1. The number of hydrogen-bond donors (Lipinski definition) is 2. The second-order valence-corrected chi connectivity index (χ2v) is 3.37. The highest BCUT2D eigenvalue weighted by Crippen LogP contribution is 2.04. The summed E-state index contributed by atoms with van der Waals surface area (Å²) in [7, 11) is 0. The maximum Gasteiger partial charge on any atom is 0.354 e. The minimum atomic E-state index is -1.04. The maximum absolute atomic E-state index is 10.6. The van der Waals surface area contributed by atoms with E-state index >= 15 is 0 Å². The van der Waals surface area contributed by atoms with E-state index in [0.717, 1.165) is 6.54 Å². The van der Waals surface area contributed by atoms with Gasteiger partial charge in [0.25, 0.3) is 0 Å². The molecule has 0 spiro atoms. The fourth-order valence-electron chi connectivity index (χ4n) is 0.880. The van der Waals surface area contributed by atoms with Crippen molar-refractivity contribution < 1.29 is 9.90 Å². The first-order valence-corrected chi connectivity index (χ1v) is 4.39. The van der Waals surface area contributed by atoms with E-state index in [9.17, 15) is 4.79 Å². The zero-order valence-corrected chi connectivity index (χ0v) is 8.19. The van der Waals surface area contributed by atoms with Crippen LogP contribution in [0.3, 0.4) is 0 Å². The number of hydrogen-bond acceptors (Lipinski definition) is 4. The number of aromatic carboxylic acids is 1. The zero-order valence-electron chi connectivity index (χ0n) is 8.19. The van der Waals surface area contributed by atoms with Crippen LogP contribution in [-0.2, 0) is 0 Å². The molecule has 0 fully saturated rings. The van der Waals surface area contributed by atoms with Gasteiger partial charge < -0.3 is 10.4 Å². The molecule has 5 heteroatoms. The van der Waals surface area contributed by atoms with Gasteiger partial charge in [-0.25, -0.2) is 14.8 Å². The normalized spacial score (nSPS) is 10.2. The van der Waals surface area contributed by atoms with Crippen molar-refractivity contribution in [2.24, 2.45) is 5.92 Å². The van der Waals surface area contributed by atoms with Crippen molar-refractivity contribution >= 4 is 11.8 Å². The van der Waals surface area contributed by atoms with Crippen molar-refractivity contribution in [3.05, 3.63) is 18.1 Å². The predicted octanol–water partition coefficient (Wildman–Crippen LogP) is 1.24. The van der Waals surface area contributed by atoms with Gasteiger partial charge in [0.05, 0.1) is 0 Å². The first-order valence-electron chi connectivity index (χ1n) is 4.39. The lowest BCUT2D eigenvalue weighted by atomic mass is 10.2. The van der Waals surface area contributed by atoms with E-state index < -0.39 is 5.97 Å². The predicted molar refractivity (Wildman–Crippen MR) is 52.3 cm³/mol. The molecule has 0 radical (unpaired) electrons. The third kappa shape index (κ3) is 3.01. The Labute approximate surface area is 82.2 Å². The van der Waals surface area contributed by atoms with Gasteiger partial charge in [-0.15, -0.1) is 0 Å². The highest BCUT2D eigenvalue weighted by atomic mass is 16.4. The highest BCUT2D eigenvalue weighted by molar-refractivity contribution is 5.85. The van der Waals surface area contributed by atoms with Crippen LogP contribution in [-0.4, -0.2) is 27.6 Å². The third-order valence-corrected chi connectivity index (χ3v) is 1.58. The number of carboxylic acids is 1. The van der Waals surface area contributed by atoms with E-state index in [4.69, 9.17) is 5.11 Å². The Hall–Kier alpha value is -1.65. The van der Waals surface area contributed by atoms with Crippen LogP contribution in [0.5, 0.6) is 0 Å². The Morgan fingerprint density at radius 2 is 2.29 bits per heavy atom. The van der Waals surface area contributed by atoms with Crippen LogP contribution in [0.25, 0.3) is 0 Å². The Bertz CT molecular complexity index is 326. The molecule has 1 heterocycles. The molecule has 0 atom stereocenters. The standard InChI is InChI=1S/C9H13N3O2/c1-6(2)4-10-8-3-7(9(13)14)11-5-12-8/h3,5-6H,4H2,1-2H3,(H,13,14)(H,10,11,12). The molecule has 5 nitrogen and oxygen atoms in total. The molecule has 0 amide bonds. The van der Waals surface area contributed by atoms with E-state index in [2.05, 4.69) is 29.1 Å². The number of carbonyl (C=O) groups is 1. The molecule has 2 N–H and O–H groups in total. The second-order valence-electron chi connectivity index (χ2n) is 3.37. The fourth-order valence-corrected chi connectivity index (χ4v) is 0.880. The van der Waals surface area contributed by atoms with Crippen molar-refractivity contribution in [2.75, 3.05) is 11.9 Å². The fraction of sp³-hybridized carbons (Fsp3) is 0.444. The Morgan fingerprint density at radius 1 is 1.57 bits per heavy atom. The molecular weight excluding hydrogens is 182 g/mol. The van der Waals surface area contributed by atoms with Gasteiger partial charge in [0.2, 0.25) is 0 Å². The molecule has 0 aliphatic rings. The lowest BCUT2D eigenvalue weighted by molar-refractivity contribution is 0.0690. The summed E-state index contributed by atoms with van der Waals surface area (Å²) >= 11 is 0. The Balaban J connectivity index is 2.69. The van der Waals surface area contributed by atoms with Gasteiger partial charge in [0.1, 0.15) is 12.1 Å². The summed E-state index contributed by atoms with van der Waals surface area (Å²) in [6, 6.07) is 1.42. The molecule has 76 valence electrons. The van der Waals surface area contributed by atoms with Crippen molar-refractivity contribution in [3.63, 3.8) is 0 Å². The average Bonchev–Trinajstić information content (AvgIpc) is 2.15. The van der Waals surface area contributed by atoms with Crippen LogP contribution in [0.2, 0.25) is 0 Å². The first kappa shape index (κ1) is 10.4. The summed E-state index contributed by atoms with van der Waals surface area (Å²) in [5, 5.41) is 11.7. The van der Waals surface area contributed by atoms with Gasteiger partial charge >= 0.3 is 5.97 Å². The average molecular weight is 195 g/mol. The van der Waals surface area contributed by atoms with Crippen LogP contribution in [0, 0.1) is 5.92 Å². The molecule has 14 heavy (non-hydrogen) atoms. The minimum Gasteiger partial charge on any atom is -0.477 e. The van der Waals surface area contributed by atoms with Crippen molar-refractivity contribution in [1.29, 1.82) is 0 Å². The van der Waals surface area contributed by atoms with Crippen molar-refractivity contribution in [1.82, 2.24) is 9.97 Å². The van der Waals surface area contributed by atoms with Crippen molar-refractivity contribution in [3.8, 4) is 0 Å². The topological polar surface area (TPSA) is 75.1 Å². The van der Waals surface area contributed by atoms with Gasteiger partial charge in [0.15, 0.2) is 5.69 Å². The van der Waals surface area contributed by atoms with Gasteiger partial charge in [-0.05, 0) is 5.92 Å². The molecule has 0 aliphatic carbocycles. The van der Waals surface area contributed by atoms with Gasteiger partial charge in [-0.2, -0.15) is 0 Å². The largest absolute Gasteiger partial charge is 0.477 e. The molecule has 1 rings (SSSR count). The number of rotatable bonds is 4. The monoisotopic (exact) mass is 195 g/mol. The molecule has 1 aromatic rings. The van der Waals surface area contributed by atoms with Gasteiger partial charge in [-0.3, -0.25) is 0 Å². The molecule has 0 bridgehead atoms. The molecule has 0 saturated heterocycles. The second kappa shape index (κ2) is 4.55. The minimum absolute atomic E-state index is 0.00579. The summed E-state index contributed by atoms with van der Waals surface area (Å²) in [4.78, 5) is 18.1. The highest BCUT2D eigenvalue weighted by Gasteiger charge is 2.05. The Morgan fingerprint density at radius 3 is 2.86 bits per heavy atom. The molecule has 0 aliphatic heterocycles. The van der Waals surface area contributed by atoms with E-state index in [1.807, 2.05) is 0 Å². The molecule has 0 aromatic carbocycles. The number of nitrogens with zero attached hydrogens (tertiary/aromatic N) is 2. The van der Waals surface area contributed by atoms with E-state index in [0.29, 0.717) is 11.7 Å². The van der Waals surface area contributed by atoms with Crippen LogP contribution >= 0.6 is 0 Å². The van der Waals surface area contributed by atoms with E-state index in [1.54, 1.807) is 0 Å². The zero-order chi connectivity index (χ0) is 10.6. The van der Waals surface area contributed by atoms with Gasteiger partial charge in [0, 0.05) is 12.6 Å². The summed E-state index contributed by atoms with van der Waals surface area (Å²) < 4.78 is 0. The third-order valence-electron chi connectivity index (χ3n) is 1.58. The number of carboxylic acid groups (broad SMARTS) is 1. The molecule has 0 saturated carbocycles. The smallest absolute Gasteiger partial charge is 0.354 e. The van der Waals surface area contributed by atoms with Crippen LogP contribution in [0.15, 0.2) is 12.4 Å². The van der Waals surface area contributed by atoms with E-state index in [1.165, 1.54) is 12.4 Å². The van der Waals surface area contributed by atoms with Crippen LogP contribution in [0.1, 0.15) is 24.3 Å². The summed E-state index contributed by atoms with van der Waals surface area (Å²) in [5.41, 5.74) is 0.00579. The molecule has 1 aromatic heterocycles. The van der Waals surface area contributed by atoms with Gasteiger partial charge in [-0.1, -0.05) is 13.8 Å². The number of nitrogens with one attached hydrogen (secondary N) is 1. The lowest BCUT2D eigenvalue weighted by Crippen LogP contribution is -2.10. The van der Waals surface area contributed by atoms with E-state index in [-0.39, 0.29) is 5.69 Å². The quantitative estimate of drug-likeness (QED) is 0.756. The van der Waals surface area contributed by atoms with Crippen molar-refractivity contribution in [2.45, 2.75) is 13.8 Å². The summed E-state index contributed by atoms with van der Waals surface area (Å²) in [6.45, 7) is 4.88.